The molecule has 1 aliphatic carbocycles. The molecule has 186 valence electrons. The van der Waals surface area contributed by atoms with Gasteiger partial charge in [0, 0.05) is 19.0 Å². The first kappa shape index (κ1) is 25.0. The molecule has 0 bridgehead atoms. The summed E-state index contributed by atoms with van der Waals surface area (Å²) < 4.78 is 27.2. The monoisotopic (exact) mass is 503 g/mol. The molecule has 4 rings (SSSR count). The Morgan fingerprint density at radius 2 is 1.91 bits per heavy atom. The lowest BCUT2D eigenvalue weighted by Crippen LogP contribution is -2.18. The molecule has 0 radical (unpaired) electrons. The van der Waals surface area contributed by atoms with Gasteiger partial charge in [-0.15, -0.1) is 0 Å². The summed E-state index contributed by atoms with van der Waals surface area (Å²) >= 11 is 5.97. The van der Waals surface area contributed by atoms with Crippen molar-refractivity contribution >= 4 is 28.7 Å². The highest BCUT2D eigenvalue weighted by molar-refractivity contribution is 6.30. The van der Waals surface area contributed by atoms with Crippen molar-refractivity contribution in [1.82, 2.24) is 4.57 Å². The number of aliphatic hydroxyl groups is 1. The number of aromatic nitrogens is 1. The van der Waals surface area contributed by atoms with Crippen LogP contribution in [-0.2, 0) is 13.0 Å². The minimum Gasteiger partial charge on any atom is -0.493 e. The number of ether oxygens (including phenoxy) is 2. The van der Waals surface area contributed by atoms with Gasteiger partial charge in [0.2, 0.25) is 5.43 Å². The van der Waals surface area contributed by atoms with Crippen molar-refractivity contribution in [2.75, 3.05) is 13.2 Å². The van der Waals surface area contributed by atoms with Gasteiger partial charge in [0.15, 0.2) is 5.75 Å². The Labute approximate surface area is 206 Å². The minimum absolute atomic E-state index is 0.00425. The number of halogens is 2. The van der Waals surface area contributed by atoms with Crippen LogP contribution in [0.2, 0.25) is 5.02 Å². The van der Waals surface area contributed by atoms with Crippen LogP contribution in [0.1, 0.15) is 43.2 Å². The van der Waals surface area contributed by atoms with Crippen LogP contribution < -0.4 is 14.9 Å². The van der Waals surface area contributed by atoms with Gasteiger partial charge in [0.1, 0.15) is 11.6 Å². The van der Waals surface area contributed by atoms with E-state index in [4.69, 9.17) is 21.4 Å². The predicted molar refractivity (Wildman–Crippen MR) is 130 cm³/mol. The maximum atomic E-state index is 14.7. The summed E-state index contributed by atoms with van der Waals surface area (Å²) in [6, 6.07) is 8.00. The lowest BCUT2D eigenvalue weighted by Gasteiger charge is -2.23. The van der Waals surface area contributed by atoms with Gasteiger partial charge in [-0.1, -0.05) is 43.0 Å². The molecular weight excluding hydrogens is 477 g/mol. The Hall–Kier alpha value is -3.10. The molecule has 0 spiro atoms. The summed E-state index contributed by atoms with van der Waals surface area (Å²) in [6.45, 7) is 0.371. The van der Waals surface area contributed by atoms with E-state index in [0.29, 0.717) is 34.9 Å². The molecule has 2 N–H and O–H groups in total. The molecule has 3 aromatic rings. The van der Waals surface area contributed by atoms with E-state index < -0.39 is 17.4 Å². The average molecular weight is 504 g/mol. The second-order valence-corrected chi connectivity index (χ2v) is 9.20. The Morgan fingerprint density at radius 1 is 1.14 bits per heavy atom. The molecule has 1 heterocycles. The van der Waals surface area contributed by atoms with E-state index in [1.54, 1.807) is 28.8 Å². The lowest BCUT2D eigenvalue weighted by atomic mass is 9.90. The Kier molecular flexibility index (Phi) is 7.93. The molecule has 35 heavy (non-hydrogen) atoms. The molecule has 1 saturated carbocycles. The van der Waals surface area contributed by atoms with E-state index in [1.165, 1.54) is 18.7 Å². The van der Waals surface area contributed by atoms with Gasteiger partial charge in [0.05, 0.1) is 35.3 Å². The number of nitrogens with zero attached hydrogens (tertiary/aromatic N) is 1. The summed E-state index contributed by atoms with van der Waals surface area (Å²) in [4.78, 5) is 24.2. The molecule has 7 nitrogen and oxygen atoms in total. The van der Waals surface area contributed by atoms with Crippen LogP contribution in [0.3, 0.4) is 0 Å². The second-order valence-electron chi connectivity index (χ2n) is 8.79. The maximum absolute atomic E-state index is 14.7. The number of pyridine rings is 1. The number of carbonyl (C=O) groups is 1. The highest BCUT2D eigenvalue weighted by Crippen LogP contribution is 2.32. The smallest absolute Gasteiger partial charge is 0.493 e. The number of hydrogen-bond donors (Lipinski definition) is 2. The summed E-state index contributed by atoms with van der Waals surface area (Å²) in [5.74, 6) is -0.0102. The number of hydrogen-bond acceptors (Lipinski definition) is 5. The van der Waals surface area contributed by atoms with Gasteiger partial charge in [-0.25, -0.2) is 9.18 Å². The van der Waals surface area contributed by atoms with Gasteiger partial charge >= 0.3 is 6.16 Å². The van der Waals surface area contributed by atoms with Crippen molar-refractivity contribution in [2.24, 2.45) is 5.92 Å². The van der Waals surface area contributed by atoms with Crippen LogP contribution >= 0.6 is 11.6 Å². The van der Waals surface area contributed by atoms with Gasteiger partial charge in [-0.2, -0.15) is 0 Å². The second kappa shape index (κ2) is 11.1. The van der Waals surface area contributed by atoms with Crippen molar-refractivity contribution in [3.05, 3.63) is 68.7 Å². The summed E-state index contributed by atoms with van der Waals surface area (Å²) in [7, 11) is 0. The molecule has 0 amide bonds. The van der Waals surface area contributed by atoms with Gasteiger partial charge < -0.3 is 24.3 Å². The number of aliphatic hydroxyl groups excluding tert-OH is 1. The Morgan fingerprint density at radius 3 is 2.63 bits per heavy atom. The molecule has 1 aliphatic rings. The average Bonchev–Trinajstić information content (AvgIpc) is 2.84. The number of rotatable bonds is 8. The Bertz CT molecular complexity index is 1290. The Balaban J connectivity index is 1.83. The van der Waals surface area contributed by atoms with Crippen LogP contribution in [0.15, 0.2) is 41.3 Å². The topological polar surface area (TPSA) is 98.0 Å². The SMILES string of the molecule is O=C(O)Oc1cn(CCO)c2cc(OCC3CCCCC3)c(Cc3cccc(Cl)c3F)cc2c1=O. The van der Waals surface area contributed by atoms with E-state index >= 15 is 0 Å². The van der Waals surface area contributed by atoms with Crippen molar-refractivity contribution in [3.63, 3.8) is 0 Å². The largest absolute Gasteiger partial charge is 0.511 e. The number of benzene rings is 2. The number of carboxylic acid groups (broad SMARTS) is 1. The molecule has 0 unspecified atom stereocenters. The first-order valence-electron chi connectivity index (χ1n) is 11.6. The third-order valence-electron chi connectivity index (χ3n) is 6.38. The molecule has 1 aromatic heterocycles. The van der Waals surface area contributed by atoms with Crippen LogP contribution in [0.5, 0.6) is 11.5 Å². The quantitative estimate of drug-likeness (QED) is 0.400. The van der Waals surface area contributed by atoms with Crippen LogP contribution in [-0.4, -0.2) is 34.1 Å². The molecule has 0 saturated heterocycles. The molecular formula is C26H27ClFNO6. The first-order chi connectivity index (χ1) is 16.9. The standard InChI is InChI=1S/C26H27ClFNO6/c27-20-8-4-7-17(24(20)28)11-18-12-19-21(13-22(18)34-15-16-5-2-1-3-6-16)29(9-10-30)14-23(25(19)31)35-26(32)33/h4,7-8,12-14,16,30H,1-3,5-6,9-11,15H2,(H,32,33). The van der Waals surface area contributed by atoms with E-state index in [9.17, 15) is 19.1 Å². The van der Waals surface area contributed by atoms with Crippen molar-refractivity contribution in [1.29, 1.82) is 0 Å². The number of fused-ring (bicyclic) bond motifs is 1. The maximum Gasteiger partial charge on any atom is 0.511 e. The lowest BCUT2D eigenvalue weighted by molar-refractivity contribution is 0.143. The fourth-order valence-electron chi connectivity index (χ4n) is 4.62. The van der Waals surface area contributed by atoms with E-state index in [1.807, 2.05) is 0 Å². The molecule has 9 heteroatoms. The summed E-state index contributed by atoms with van der Waals surface area (Å²) in [5.41, 5.74) is 0.738. The molecule has 0 aliphatic heterocycles. The zero-order valence-electron chi connectivity index (χ0n) is 19.1. The molecule has 2 aromatic carbocycles. The fourth-order valence-corrected chi connectivity index (χ4v) is 4.81. The first-order valence-corrected chi connectivity index (χ1v) is 12.0. The van der Waals surface area contributed by atoms with Gasteiger partial charge in [0.25, 0.3) is 0 Å². The molecule has 0 atom stereocenters. The minimum atomic E-state index is -1.62. The third kappa shape index (κ3) is 5.77. The summed E-state index contributed by atoms with van der Waals surface area (Å²) in [6.07, 6.45) is 5.46. The zero-order valence-corrected chi connectivity index (χ0v) is 19.9. The highest BCUT2D eigenvalue weighted by atomic mass is 35.5. The van der Waals surface area contributed by atoms with E-state index in [2.05, 4.69) is 4.74 Å². The third-order valence-corrected chi connectivity index (χ3v) is 6.67. The normalized spacial score (nSPS) is 14.3. The highest BCUT2D eigenvalue weighted by Gasteiger charge is 2.20. The van der Waals surface area contributed by atoms with Crippen molar-refractivity contribution < 1.29 is 28.9 Å². The molecule has 1 fully saturated rings. The van der Waals surface area contributed by atoms with Crippen molar-refractivity contribution in [2.45, 2.75) is 45.1 Å². The van der Waals surface area contributed by atoms with Crippen LogP contribution in [0, 0.1) is 11.7 Å². The van der Waals surface area contributed by atoms with E-state index in [-0.39, 0.29) is 35.7 Å². The van der Waals surface area contributed by atoms with Gasteiger partial charge in [-0.05, 0) is 42.0 Å². The van der Waals surface area contributed by atoms with E-state index in [0.717, 1.165) is 25.7 Å². The summed E-state index contributed by atoms with van der Waals surface area (Å²) in [5, 5.41) is 18.7. The van der Waals surface area contributed by atoms with Crippen LogP contribution in [0.4, 0.5) is 9.18 Å². The fraction of sp³-hybridized carbons (Fsp3) is 0.385. The van der Waals surface area contributed by atoms with Crippen molar-refractivity contribution in [3.8, 4) is 11.5 Å². The predicted octanol–water partition coefficient (Wildman–Crippen LogP) is 5.39. The van der Waals surface area contributed by atoms with Crippen LogP contribution in [0.25, 0.3) is 10.9 Å². The van der Waals surface area contributed by atoms with Gasteiger partial charge in [-0.3, -0.25) is 4.79 Å². The zero-order chi connectivity index (χ0) is 24.9.